The summed E-state index contributed by atoms with van der Waals surface area (Å²) in [4.78, 5) is 14.4. The Bertz CT molecular complexity index is 812. The first-order valence-corrected chi connectivity index (χ1v) is 9.59. The molecular formula is C18H26N6O. The molecule has 0 bridgehead atoms. The van der Waals surface area contributed by atoms with Crippen LogP contribution in [0, 0.1) is 11.8 Å². The average Bonchev–Trinajstić information content (AvgIpc) is 3.04. The van der Waals surface area contributed by atoms with Crippen LogP contribution in [0.15, 0.2) is 17.2 Å². The molecule has 7 nitrogen and oxygen atoms in total. The lowest BCUT2D eigenvalue weighted by Gasteiger charge is -2.27. The molecule has 0 aromatic carbocycles. The topological polar surface area (TPSA) is 71.7 Å². The minimum absolute atomic E-state index is 0.116. The molecule has 0 spiro atoms. The van der Waals surface area contributed by atoms with Crippen LogP contribution in [0.2, 0.25) is 0 Å². The summed E-state index contributed by atoms with van der Waals surface area (Å²) in [6.07, 6.45) is 11.9. The van der Waals surface area contributed by atoms with Crippen LogP contribution in [0.1, 0.15) is 62.0 Å². The lowest BCUT2D eigenvalue weighted by molar-refractivity contribution is 0.197. The van der Waals surface area contributed by atoms with Crippen LogP contribution >= 0.6 is 0 Å². The van der Waals surface area contributed by atoms with Crippen molar-refractivity contribution in [2.75, 3.05) is 6.54 Å². The van der Waals surface area contributed by atoms with Gasteiger partial charge in [0.25, 0.3) is 0 Å². The third-order valence-corrected chi connectivity index (χ3v) is 6.44. The van der Waals surface area contributed by atoms with Crippen molar-refractivity contribution in [1.82, 2.24) is 29.4 Å². The molecule has 5 rings (SSSR count). The van der Waals surface area contributed by atoms with Gasteiger partial charge < -0.3 is 0 Å². The van der Waals surface area contributed by atoms with Gasteiger partial charge in [0.15, 0.2) is 5.82 Å². The van der Waals surface area contributed by atoms with Crippen molar-refractivity contribution in [2.45, 2.75) is 57.2 Å². The number of hydrogen-bond donors (Lipinski definition) is 1. The minimum atomic E-state index is -0.116. The summed E-state index contributed by atoms with van der Waals surface area (Å²) in [6.45, 7) is 1.96. The van der Waals surface area contributed by atoms with E-state index in [2.05, 4.69) is 31.1 Å². The van der Waals surface area contributed by atoms with Crippen LogP contribution in [-0.2, 0) is 13.6 Å². The van der Waals surface area contributed by atoms with Crippen molar-refractivity contribution in [3.8, 4) is 0 Å². The third-order valence-electron chi connectivity index (χ3n) is 6.44. The second-order valence-corrected chi connectivity index (χ2v) is 8.06. The van der Waals surface area contributed by atoms with Gasteiger partial charge in [0.2, 0.25) is 0 Å². The monoisotopic (exact) mass is 342 g/mol. The van der Waals surface area contributed by atoms with Gasteiger partial charge in [-0.3, -0.25) is 14.1 Å². The molecule has 1 saturated heterocycles. The van der Waals surface area contributed by atoms with Crippen LogP contribution < -0.4 is 5.69 Å². The molecule has 2 saturated carbocycles. The zero-order valence-corrected chi connectivity index (χ0v) is 14.8. The van der Waals surface area contributed by atoms with Gasteiger partial charge in [0, 0.05) is 25.4 Å². The van der Waals surface area contributed by atoms with Crippen LogP contribution in [-0.4, -0.2) is 36.0 Å². The maximum absolute atomic E-state index is 11.9. The van der Waals surface area contributed by atoms with Crippen molar-refractivity contribution in [2.24, 2.45) is 18.9 Å². The highest BCUT2D eigenvalue weighted by atomic mass is 16.1. The summed E-state index contributed by atoms with van der Waals surface area (Å²) in [5.41, 5.74) is 1.16. The lowest BCUT2D eigenvalue weighted by Crippen LogP contribution is -2.29. The maximum atomic E-state index is 11.9. The van der Waals surface area contributed by atoms with Crippen LogP contribution in [0.25, 0.3) is 0 Å². The second-order valence-electron chi connectivity index (χ2n) is 8.06. The van der Waals surface area contributed by atoms with E-state index >= 15 is 0 Å². The van der Waals surface area contributed by atoms with E-state index in [0.29, 0.717) is 12.0 Å². The molecule has 0 radical (unpaired) electrons. The first-order valence-electron chi connectivity index (χ1n) is 9.59. The molecule has 2 aromatic heterocycles. The summed E-state index contributed by atoms with van der Waals surface area (Å²) >= 11 is 0. The molecule has 25 heavy (non-hydrogen) atoms. The van der Waals surface area contributed by atoms with Gasteiger partial charge in [-0.05, 0) is 56.9 Å². The molecule has 1 aliphatic heterocycles. The molecule has 3 fully saturated rings. The van der Waals surface area contributed by atoms with Gasteiger partial charge >= 0.3 is 5.69 Å². The Morgan fingerprint density at radius 1 is 1.24 bits per heavy atom. The molecule has 134 valence electrons. The second kappa shape index (κ2) is 5.83. The molecule has 3 aliphatic rings. The van der Waals surface area contributed by atoms with Crippen LogP contribution in [0.5, 0.6) is 0 Å². The summed E-state index contributed by atoms with van der Waals surface area (Å²) in [5.74, 6) is 2.32. The van der Waals surface area contributed by atoms with Gasteiger partial charge in [-0.2, -0.15) is 10.2 Å². The molecule has 2 atom stereocenters. The predicted molar refractivity (Wildman–Crippen MR) is 92.9 cm³/mol. The molecule has 7 heteroatoms. The summed E-state index contributed by atoms with van der Waals surface area (Å²) in [5, 5.41) is 11.6. The highest BCUT2D eigenvalue weighted by Gasteiger charge is 2.45. The Labute approximate surface area is 147 Å². The van der Waals surface area contributed by atoms with E-state index in [0.717, 1.165) is 24.8 Å². The zero-order valence-electron chi connectivity index (χ0n) is 14.8. The Morgan fingerprint density at radius 3 is 2.72 bits per heavy atom. The number of H-pyrrole nitrogens is 1. The molecule has 2 aliphatic carbocycles. The van der Waals surface area contributed by atoms with Crippen molar-refractivity contribution >= 4 is 0 Å². The number of aromatic nitrogens is 5. The number of nitrogens with zero attached hydrogens (tertiary/aromatic N) is 5. The van der Waals surface area contributed by atoms with Crippen LogP contribution in [0.3, 0.4) is 0 Å². The first kappa shape index (κ1) is 15.4. The Balaban J connectivity index is 1.40. The van der Waals surface area contributed by atoms with E-state index in [4.69, 9.17) is 0 Å². The zero-order chi connectivity index (χ0) is 17.0. The summed E-state index contributed by atoms with van der Waals surface area (Å²) < 4.78 is 3.84. The number of rotatable bonds is 5. The van der Waals surface area contributed by atoms with Gasteiger partial charge in [0.05, 0.1) is 18.3 Å². The van der Waals surface area contributed by atoms with Crippen molar-refractivity contribution in [3.05, 3.63) is 34.3 Å². The Morgan fingerprint density at radius 2 is 2.08 bits per heavy atom. The lowest BCUT2D eigenvalue weighted by atomic mass is 9.93. The van der Waals surface area contributed by atoms with Gasteiger partial charge in [0.1, 0.15) is 0 Å². The third kappa shape index (κ3) is 2.65. The predicted octanol–water partition coefficient (Wildman–Crippen LogP) is 2.00. The highest BCUT2D eigenvalue weighted by Crippen LogP contribution is 2.50. The quantitative estimate of drug-likeness (QED) is 0.902. The number of nitrogens with one attached hydrogen (secondary N) is 1. The molecular weight excluding hydrogens is 316 g/mol. The fourth-order valence-electron chi connectivity index (χ4n) is 4.60. The first-order chi connectivity index (χ1) is 12.2. The maximum Gasteiger partial charge on any atom is 0.343 e. The van der Waals surface area contributed by atoms with E-state index < -0.39 is 0 Å². The Kier molecular flexibility index (Phi) is 3.58. The van der Waals surface area contributed by atoms with E-state index in [1.54, 1.807) is 4.57 Å². The van der Waals surface area contributed by atoms with Crippen molar-refractivity contribution in [1.29, 1.82) is 0 Å². The largest absolute Gasteiger partial charge is 0.343 e. The Hall–Kier alpha value is -1.89. The molecule has 0 amide bonds. The van der Waals surface area contributed by atoms with E-state index in [-0.39, 0.29) is 11.7 Å². The highest BCUT2D eigenvalue weighted by molar-refractivity contribution is 5.11. The molecule has 3 heterocycles. The molecule has 2 aromatic rings. The fraction of sp³-hybridized carbons (Fsp3) is 0.722. The normalized spacial score (nSPS) is 27.7. The summed E-state index contributed by atoms with van der Waals surface area (Å²) in [7, 11) is 1.83. The SMILES string of the molecule is Cn1c(C2C(C3CC3)CCN2Cc2cnn(C3CCC3)c2)n[nH]c1=O. The van der Waals surface area contributed by atoms with Crippen LogP contribution in [0.4, 0.5) is 0 Å². The fourth-order valence-corrected chi connectivity index (χ4v) is 4.60. The van der Waals surface area contributed by atoms with Gasteiger partial charge in [-0.25, -0.2) is 9.89 Å². The van der Waals surface area contributed by atoms with E-state index in [9.17, 15) is 4.79 Å². The van der Waals surface area contributed by atoms with Gasteiger partial charge in [-0.15, -0.1) is 0 Å². The van der Waals surface area contributed by atoms with E-state index in [1.807, 2.05) is 13.2 Å². The molecule has 1 N–H and O–H groups in total. The number of hydrogen-bond acceptors (Lipinski definition) is 4. The van der Waals surface area contributed by atoms with Gasteiger partial charge in [-0.1, -0.05) is 0 Å². The summed E-state index contributed by atoms with van der Waals surface area (Å²) in [6, 6.07) is 0.845. The minimum Gasteiger partial charge on any atom is -0.289 e. The van der Waals surface area contributed by atoms with E-state index in [1.165, 1.54) is 44.1 Å². The number of aromatic amines is 1. The van der Waals surface area contributed by atoms with Crippen molar-refractivity contribution in [3.63, 3.8) is 0 Å². The average molecular weight is 342 g/mol. The smallest absolute Gasteiger partial charge is 0.289 e. The van der Waals surface area contributed by atoms with Crippen molar-refractivity contribution < 1.29 is 0 Å². The standard InChI is InChI=1S/C18H26N6O/c1-22-17(20-21-18(22)25)16-15(13-5-6-13)7-8-23(16)10-12-9-19-24(11-12)14-3-2-4-14/h9,11,13-16H,2-8,10H2,1H3,(H,21,25). The number of likely N-dealkylation sites (tertiary alicyclic amines) is 1. The molecule has 2 unspecified atom stereocenters.